The fourth-order valence-corrected chi connectivity index (χ4v) is 4.78. The zero-order valence-corrected chi connectivity index (χ0v) is 22.3. The second-order valence-corrected chi connectivity index (χ2v) is 9.96. The number of alkyl halides is 6. The molecule has 3 aromatic carbocycles. The Balaban J connectivity index is 1.18. The van der Waals surface area contributed by atoms with Crippen molar-refractivity contribution in [2.45, 2.75) is 50.2 Å². The third-order valence-electron chi connectivity index (χ3n) is 6.92. The average Bonchev–Trinajstić information content (AvgIpc) is 2.94. The minimum atomic E-state index is -4.87. The van der Waals surface area contributed by atoms with Gasteiger partial charge in [-0.15, -0.1) is 0 Å². The number of anilines is 2. The SMILES string of the molecule is O=C(NCCO[C@H]1CC[C@H](Nc2ccc([N+](=O)[O-])c(C(F)(F)F)c2)CC1)C(=O)Nc1ccc2cc(C(F)(F)F)ccc2c1. The summed E-state index contributed by atoms with van der Waals surface area (Å²) < 4.78 is 84.1. The van der Waals surface area contributed by atoms with Crippen LogP contribution in [0.3, 0.4) is 0 Å². The molecule has 0 radical (unpaired) electrons. The lowest BCUT2D eigenvalue weighted by Gasteiger charge is -2.30. The third kappa shape index (κ3) is 8.34. The van der Waals surface area contributed by atoms with Crippen molar-refractivity contribution < 1.29 is 45.6 Å². The van der Waals surface area contributed by atoms with Gasteiger partial charge in [-0.25, -0.2) is 0 Å². The summed E-state index contributed by atoms with van der Waals surface area (Å²) in [5.74, 6) is -1.89. The molecule has 9 nitrogen and oxygen atoms in total. The van der Waals surface area contributed by atoms with E-state index in [1.165, 1.54) is 30.3 Å². The van der Waals surface area contributed by atoms with Crippen LogP contribution in [-0.4, -0.2) is 42.0 Å². The molecule has 0 aromatic heterocycles. The van der Waals surface area contributed by atoms with E-state index in [9.17, 15) is 46.0 Å². The maximum absolute atomic E-state index is 13.2. The summed E-state index contributed by atoms with van der Waals surface area (Å²) in [6.45, 7) is 0.141. The predicted molar refractivity (Wildman–Crippen MR) is 144 cm³/mol. The summed E-state index contributed by atoms with van der Waals surface area (Å²) in [5, 5.41) is 19.5. The molecule has 0 bridgehead atoms. The van der Waals surface area contributed by atoms with Crippen LogP contribution < -0.4 is 16.0 Å². The molecular weight excluding hydrogens is 586 g/mol. The summed E-state index contributed by atoms with van der Waals surface area (Å²) in [5.41, 5.74) is -2.77. The number of hydrogen-bond donors (Lipinski definition) is 3. The van der Waals surface area contributed by atoms with Crippen LogP contribution in [0.4, 0.5) is 43.4 Å². The average molecular weight is 613 g/mol. The Labute approximate surface area is 240 Å². The van der Waals surface area contributed by atoms with Crippen LogP contribution in [0.1, 0.15) is 36.8 Å². The van der Waals surface area contributed by atoms with Crippen LogP contribution >= 0.6 is 0 Å². The smallest absolute Gasteiger partial charge is 0.382 e. The van der Waals surface area contributed by atoms with Gasteiger partial charge in [0.2, 0.25) is 0 Å². The molecule has 0 unspecified atom stereocenters. The van der Waals surface area contributed by atoms with Gasteiger partial charge in [0.15, 0.2) is 0 Å². The number of benzene rings is 3. The lowest BCUT2D eigenvalue weighted by atomic mass is 9.92. The van der Waals surface area contributed by atoms with Crippen molar-refractivity contribution in [3.63, 3.8) is 0 Å². The van der Waals surface area contributed by atoms with E-state index in [2.05, 4.69) is 16.0 Å². The predicted octanol–water partition coefficient (Wildman–Crippen LogP) is 6.28. The second-order valence-electron chi connectivity index (χ2n) is 9.96. The molecule has 1 fully saturated rings. The molecule has 0 atom stereocenters. The van der Waals surface area contributed by atoms with Crippen LogP contribution in [0.25, 0.3) is 10.8 Å². The Morgan fingerprint density at radius 2 is 1.49 bits per heavy atom. The number of nitro benzene ring substituents is 1. The fourth-order valence-electron chi connectivity index (χ4n) is 4.78. The molecule has 0 heterocycles. The molecule has 1 aliphatic carbocycles. The molecule has 15 heteroatoms. The van der Waals surface area contributed by atoms with E-state index < -0.39 is 45.9 Å². The van der Waals surface area contributed by atoms with E-state index in [4.69, 9.17) is 4.74 Å². The summed E-state index contributed by atoms with van der Waals surface area (Å²) in [7, 11) is 0. The number of ether oxygens (including phenoxy) is 1. The highest BCUT2D eigenvalue weighted by Gasteiger charge is 2.38. The quantitative estimate of drug-likeness (QED) is 0.0905. The molecule has 3 N–H and O–H groups in total. The summed E-state index contributed by atoms with van der Waals surface area (Å²) >= 11 is 0. The monoisotopic (exact) mass is 612 g/mol. The van der Waals surface area contributed by atoms with Gasteiger partial charge in [0.25, 0.3) is 5.69 Å². The zero-order chi connectivity index (χ0) is 31.4. The van der Waals surface area contributed by atoms with Gasteiger partial charge in [0.05, 0.1) is 23.2 Å². The van der Waals surface area contributed by atoms with Gasteiger partial charge in [-0.2, -0.15) is 26.3 Å². The number of amides is 2. The van der Waals surface area contributed by atoms with Crippen LogP contribution in [-0.2, 0) is 26.7 Å². The molecule has 0 aliphatic heterocycles. The first-order valence-corrected chi connectivity index (χ1v) is 13.1. The number of hydrogen-bond acceptors (Lipinski definition) is 6. The van der Waals surface area contributed by atoms with E-state index in [1.807, 2.05) is 0 Å². The first-order valence-electron chi connectivity index (χ1n) is 13.1. The first kappa shape index (κ1) is 31.5. The van der Waals surface area contributed by atoms with Gasteiger partial charge in [-0.3, -0.25) is 19.7 Å². The first-order chi connectivity index (χ1) is 20.2. The van der Waals surface area contributed by atoms with E-state index in [0.29, 0.717) is 36.5 Å². The normalized spacial score (nSPS) is 17.3. The molecule has 4 rings (SSSR count). The highest BCUT2D eigenvalue weighted by atomic mass is 19.4. The van der Waals surface area contributed by atoms with Gasteiger partial charge >= 0.3 is 24.2 Å². The topological polar surface area (TPSA) is 123 Å². The second kappa shape index (κ2) is 12.9. The van der Waals surface area contributed by atoms with Gasteiger partial charge in [0.1, 0.15) is 5.56 Å². The standard InChI is InChI=1S/C28H26F6N4O5/c29-27(30,31)18-3-1-17-14-20(4-2-16(17)13-18)37-26(40)25(39)35-11-12-43-22-8-5-19(6-9-22)36-21-7-10-24(38(41)42)23(15-21)28(32,33)34/h1-4,7,10,13-15,19,22,36H,5-6,8-9,11-12H2,(H,35,39)(H,37,40)/t19-,22-. The minimum Gasteiger partial charge on any atom is -0.382 e. The molecule has 230 valence electrons. The van der Waals surface area contributed by atoms with Gasteiger partial charge < -0.3 is 20.7 Å². The number of nitro groups is 1. The van der Waals surface area contributed by atoms with Crippen molar-refractivity contribution >= 4 is 39.6 Å². The van der Waals surface area contributed by atoms with E-state index >= 15 is 0 Å². The van der Waals surface area contributed by atoms with Crippen LogP contribution in [0.15, 0.2) is 54.6 Å². The van der Waals surface area contributed by atoms with Gasteiger partial charge in [0, 0.05) is 30.0 Å². The minimum absolute atomic E-state index is 0.0331. The Morgan fingerprint density at radius 1 is 0.837 bits per heavy atom. The summed E-state index contributed by atoms with van der Waals surface area (Å²) in [6, 6.07) is 10.1. The lowest BCUT2D eigenvalue weighted by Crippen LogP contribution is -2.38. The number of nitrogens with zero attached hydrogens (tertiary/aromatic N) is 1. The lowest BCUT2D eigenvalue weighted by molar-refractivity contribution is -0.388. The van der Waals surface area contributed by atoms with E-state index in [0.717, 1.165) is 24.3 Å². The molecule has 0 saturated heterocycles. The Hall–Kier alpha value is -4.40. The molecule has 43 heavy (non-hydrogen) atoms. The Bertz CT molecular complexity index is 1500. The molecule has 1 saturated carbocycles. The van der Waals surface area contributed by atoms with Crippen molar-refractivity contribution in [2.24, 2.45) is 0 Å². The summed E-state index contributed by atoms with van der Waals surface area (Å²) in [6.07, 6.45) is -7.21. The number of nitrogens with one attached hydrogen (secondary N) is 3. The van der Waals surface area contributed by atoms with Gasteiger partial charge in [-0.1, -0.05) is 12.1 Å². The van der Waals surface area contributed by atoms with Crippen molar-refractivity contribution in [2.75, 3.05) is 23.8 Å². The number of halogens is 6. The Morgan fingerprint density at radius 3 is 2.14 bits per heavy atom. The number of carbonyl (C=O) groups is 2. The van der Waals surface area contributed by atoms with Crippen molar-refractivity contribution in [1.82, 2.24) is 5.32 Å². The summed E-state index contributed by atoms with van der Waals surface area (Å²) in [4.78, 5) is 34.2. The van der Waals surface area contributed by atoms with Crippen molar-refractivity contribution in [3.05, 3.63) is 75.8 Å². The van der Waals surface area contributed by atoms with Crippen molar-refractivity contribution in [3.8, 4) is 0 Å². The zero-order valence-electron chi connectivity index (χ0n) is 22.3. The number of rotatable bonds is 8. The van der Waals surface area contributed by atoms with Crippen molar-refractivity contribution in [1.29, 1.82) is 0 Å². The van der Waals surface area contributed by atoms with Crippen LogP contribution in [0.2, 0.25) is 0 Å². The van der Waals surface area contributed by atoms with E-state index in [1.54, 1.807) is 0 Å². The highest BCUT2D eigenvalue weighted by Crippen LogP contribution is 2.38. The number of carbonyl (C=O) groups excluding carboxylic acids is 2. The van der Waals surface area contributed by atoms with Gasteiger partial charge in [-0.05, 0) is 72.9 Å². The molecular formula is C28H26F6N4O5. The molecule has 3 aromatic rings. The largest absolute Gasteiger partial charge is 0.423 e. The number of fused-ring (bicyclic) bond motifs is 1. The molecule has 1 aliphatic rings. The maximum Gasteiger partial charge on any atom is 0.423 e. The van der Waals surface area contributed by atoms with E-state index in [-0.39, 0.29) is 36.7 Å². The molecule has 0 spiro atoms. The molecule has 2 amide bonds. The third-order valence-corrected chi connectivity index (χ3v) is 6.92. The maximum atomic E-state index is 13.2. The van der Waals surface area contributed by atoms with Crippen LogP contribution in [0, 0.1) is 10.1 Å². The Kier molecular flexibility index (Phi) is 9.43. The fraction of sp³-hybridized carbons (Fsp3) is 0.357. The highest BCUT2D eigenvalue weighted by molar-refractivity contribution is 6.39. The van der Waals surface area contributed by atoms with Crippen LogP contribution in [0.5, 0.6) is 0 Å².